The molecule has 0 aliphatic carbocycles. The summed E-state index contributed by atoms with van der Waals surface area (Å²) in [5.41, 5.74) is 0.389. The molecule has 2 amide bonds. The normalized spacial score (nSPS) is 16.4. The van der Waals surface area contributed by atoms with Gasteiger partial charge in [-0.05, 0) is 44.2 Å². The molecule has 1 atom stereocenters. The van der Waals surface area contributed by atoms with Gasteiger partial charge in [0.2, 0.25) is 5.91 Å². The summed E-state index contributed by atoms with van der Waals surface area (Å²) in [7, 11) is 0. The first-order valence-electron chi connectivity index (χ1n) is 10.6. The van der Waals surface area contributed by atoms with Gasteiger partial charge in [0, 0.05) is 31.6 Å². The first-order valence-corrected chi connectivity index (χ1v) is 11.0. The fraction of sp³-hybridized carbons (Fsp3) is 0.636. The molecule has 2 rings (SSSR count). The van der Waals surface area contributed by atoms with Crippen LogP contribution in [0.3, 0.4) is 0 Å². The van der Waals surface area contributed by atoms with Crippen molar-refractivity contribution in [3.63, 3.8) is 0 Å². The van der Waals surface area contributed by atoms with Crippen LogP contribution in [0.25, 0.3) is 0 Å². The maximum atomic E-state index is 12.5. The van der Waals surface area contributed by atoms with Crippen molar-refractivity contribution < 1.29 is 19.1 Å². The minimum atomic E-state index is -0.284. The van der Waals surface area contributed by atoms with Gasteiger partial charge >= 0.3 is 0 Å². The van der Waals surface area contributed by atoms with Crippen LogP contribution in [-0.2, 0) is 4.79 Å². The number of piperidine rings is 1. The van der Waals surface area contributed by atoms with Gasteiger partial charge in [-0.15, -0.1) is 0 Å². The minimum Gasteiger partial charge on any atom is -0.490 e. The zero-order valence-electron chi connectivity index (χ0n) is 17.8. The molecule has 29 heavy (non-hydrogen) atoms. The lowest BCUT2D eigenvalue weighted by Gasteiger charge is -2.31. The molecule has 1 heterocycles. The molecule has 1 fully saturated rings. The summed E-state index contributed by atoms with van der Waals surface area (Å²) in [5, 5.41) is 3.15. The van der Waals surface area contributed by atoms with E-state index in [1.807, 2.05) is 11.8 Å². The third-order valence-electron chi connectivity index (χ3n) is 4.95. The van der Waals surface area contributed by atoms with Crippen LogP contribution in [-0.4, -0.2) is 49.6 Å². The Labute approximate surface area is 178 Å². The smallest absolute Gasteiger partial charge is 0.251 e. The molecule has 1 unspecified atom stereocenters. The largest absolute Gasteiger partial charge is 0.490 e. The van der Waals surface area contributed by atoms with E-state index in [9.17, 15) is 9.59 Å². The van der Waals surface area contributed by atoms with E-state index >= 15 is 0 Å². The molecule has 0 bridgehead atoms. The highest BCUT2D eigenvalue weighted by atomic mass is 35.5. The highest BCUT2D eigenvalue weighted by molar-refractivity contribution is 6.32. The van der Waals surface area contributed by atoms with E-state index < -0.39 is 0 Å². The molecule has 162 valence electrons. The van der Waals surface area contributed by atoms with Gasteiger partial charge < -0.3 is 19.7 Å². The van der Waals surface area contributed by atoms with Crippen LogP contribution >= 0.6 is 11.6 Å². The quantitative estimate of drug-likeness (QED) is 0.568. The van der Waals surface area contributed by atoms with Gasteiger partial charge in [-0.25, -0.2) is 0 Å². The molecule has 0 radical (unpaired) electrons. The van der Waals surface area contributed by atoms with Crippen LogP contribution in [0.4, 0.5) is 0 Å². The Balaban J connectivity index is 1.94. The number of amides is 2. The second kappa shape index (κ2) is 11.9. The van der Waals surface area contributed by atoms with Gasteiger partial charge in [0.25, 0.3) is 5.91 Å². The SMILES string of the molecule is CCCCOc1c(Cl)cc(C(=O)NCCC(=O)N2CCCC(C)C2)cc1OCC. The molecular weight excluding hydrogens is 392 g/mol. The Hall–Kier alpha value is -1.95. The van der Waals surface area contributed by atoms with Crippen LogP contribution in [0.15, 0.2) is 12.1 Å². The van der Waals surface area contributed by atoms with Crippen LogP contribution in [0.5, 0.6) is 11.5 Å². The summed E-state index contributed by atoms with van der Waals surface area (Å²) in [6.45, 7) is 8.99. The second-order valence-corrected chi connectivity index (χ2v) is 7.92. The van der Waals surface area contributed by atoms with Crippen molar-refractivity contribution in [2.24, 2.45) is 5.92 Å². The van der Waals surface area contributed by atoms with Gasteiger partial charge in [0.05, 0.1) is 18.2 Å². The van der Waals surface area contributed by atoms with Crippen molar-refractivity contribution in [1.82, 2.24) is 10.2 Å². The number of hydrogen-bond donors (Lipinski definition) is 1. The fourth-order valence-corrected chi connectivity index (χ4v) is 3.64. The fourth-order valence-electron chi connectivity index (χ4n) is 3.38. The molecule has 0 spiro atoms. The number of nitrogens with zero attached hydrogens (tertiary/aromatic N) is 1. The monoisotopic (exact) mass is 424 g/mol. The van der Waals surface area contributed by atoms with Crippen LogP contribution in [0.2, 0.25) is 5.02 Å². The number of unbranched alkanes of at least 4 members (excludes halogenated alkanes) is 1. The highest BCUT2D eigenvalue weighted by Crippen LogP contribution is 2.36. The summed E-state index contributed by atoms with van der Waals surface area (Å²) < 4.78 is 11.4. The predicted octanol–water partition coefficient (Wildman–Crippen LogP) is 4.30. The second-order valence-electron chi connectivity index (χ2n) is 7.51. The molecule has 7 heteroatoms. The Morgan fingerprint density at radius 2 is 2.07 bits per heavy atom. The van der Waals surface area contributed by atoms with Gasteiger partial charge in [-0.1, -0.05) is 31.9 Å². The van der Waals surface area contributed by atoms with Crippen molar-refractivity contribution in [2.45, 2.75) is 52.9 Å². The average Bonchev–Trinajstić information content (AvgIpc) is 2.69. The van der Waals surface area contributed by atoms with E-state index in [1.54, 1.807) is 12.1 Å². The molecular formula is C22H33ClN2O4. The molecule has 0 saturated carbocycles. The molecule has 6 nitrogen and oxygen atoms in total. The van der Waals surface area contributed by atoms with Crippen molar-refractivity contribution >= 4 is 23.4 Å². The van der Waals surface area contributed by atoms with Gasteiger partial charge in [0.15, 0.2) is 11.5 Å². The Morgan fingerprint density at radius 3 is 2.76 bits per heavy atom. The lowest BCUT2D eigenvalue weighted by atomic mass is 10.00. The standard InChI is InChI=1S/C22H33ClN2O4/c1-4-6-12-29-21-18(23)13-17(14-19(21)28-5-2)22(27)24-10-9-20(26)25-11-7-8-16(3)15-25/h13-14,16H,4-12,15H2,1-3H3,(H,24,27). The third kappa shape index (κ3) is 7.11. The number of nitrogens with one attached hydrogen (secondary N) is 1. The number of likely N-dealkylation sites (tertiary alicyclic amines) is 1. The molecule has 1 N–H and O–H groups in total. The summed E-state index contributed by atoms with van der Waals surface area (Å²) in [6, 6.07) is 3.22. The topological polar surface area (TPSA) is 67.9 Å². The highest BCUT2D eigenvalue weighted by Gasteiger charge is 2.21. The third-order valence-corrected chi connectivity index (χ3v) is 5.23. The van der Waals surface area contributed by atoms with E-state index in [1.165, 1.54) is 6.42 Å². The first kappa shape index (κ1) is 23.3. The van der Waals surface area contributed by atoms with Crippen molar-refractivity contribution in [1.29, 1.82) is 0 Å². The number of hydrogen-bond acceptors (Lipinski definition) is 4. The zero-order chi connectivity index (χ0) is 21.2. The summed E-state index contributed by atoms with van der Waals surface area (Å²) >= 11 is 6.35. The number of carbonyl (C=O) groups excluding carboxylic acids is 2. The predicted molar refractivity (Wildman–Crippen MR) is 115 cm³/mol. The average molecular weight is 425 g/mol. The van der Waals surface area contributed by atoms with Crippen molar-refractivity contribution in [3.8, 4) is 11.5 Å². The summed E-state index contributed by atoms with van der Waals surface area (Å²) in [5.74, 6) is 1.27. The molecule has 1 saturated heterocycles. The summed E-state index contributed by atoms with van der Waals surface area (Å²) in [4.78, 5) is 26.8. The van der Waals surface area contributed by atoms with E-state index in [0.717, 1.165) is 32.4 Å². The maximum absolute atomic E-state index is 12.5. The first-order chi connectivity index (χ1) is 14.0. The molecule has 0 aromatic heterocycles. The molecule has 1 aromatic carbocycles. The Kier molecular flexibility index (Phi) is 9.58. The van der Waals surface area contributed by atoms with Crippen LogP contribution < -0.4 is 14.8 Å². The van der Waals surface area contributed by atoms with Crippen molar-refractivity contribution in [3.05, 3.63) is 22.7 Å². The number of benzene rings is 1. The van der Waals surface area contributed by atoms with E-state index in [2.05, 4.69) is 19.2 Å². The lowest BCUT2D eigenvalue weighted by molar-refractivity contribution is -0.132. The molecule has 1 aliphatic rings. The van der Waals surface area contributed by atoms with Crippen molar-refractivity contribution in [2.75, 3.05) is 32.8 Å². The number of rotatable bonds is 10. The molecule has 1 aromatic rings. The van der Waals surface area contributed by atoms with E-state index in [-0.39, 0.29) is 11.8 Å². The number of carbonyl (C=O) groups is 2. The molecule has 1 aliphatic heterocycles. The zero-order valence-corrected chi connectivity index (χ0v) is 18.5. The minimum absolute atomic E-state index is 0.0876. The van der Waals surface area contributed by atoms with Crippen LogP contribution in [0, 0.1) is 5.92 Å². The van der Waals surface area contributed by atoms with Gasteiger partial charge in [-0.2, -0.15) is 0 Å². The Morgan fingerprint density at radius 1 is 1.28 bits per heavy atom. The van der Waals surface area contributed by atoms with E-state index in [4.69, 9.17) is 21.1 Å². The van der Waals surface area contributed by atoms with Gasteiger partial charge in [-0.3, -0.25) is 9.59 Å². The maximum Gasteiger partial charge on any atom is 0.251 e. The summed E-state index contributed by atoms with van der Waals surface area (Å²) in [6.07, 6.45) is 4.43. The van der Waals surface area contributed by atoms with E-state index in [0.29, 0.717) is 54.2 Å². The Bertz CT molecular complexity index is 696. The number of halogens is 1. The van der Waals surface area contributed by atoms with Gasteiger partial charge in [0.1, 0.15) is 0 Å². The number of ether oxygens (including phenoxy) is 2. The lowest BCUT2D eigenvalue weighted by Crippen LogP contribution is -2.40. The van der Waals surface area contributed by atoms with Crippen LogP contribution in [0.1, 0.15) is 63.2 Å².